The number of hydrogen-bond acceptors (Lipinski definition) is 5. The van der Waals surface area contributed by atoms with Crippen LogP contribution in [0.3, 0.4) is 0 Å². The van der Waals surface area contributed by atoms with Crippen molar-refractivity contribution < 1.29 is 34.8 Å². The van der Waals surface area contributed by atoms with E-state index in [-0.39, 0.29) is 5.56 Å². The van der Waals surface area contributed by atoms with Crippen LogP contribution in [0.4, 0.5) is 37.8 Å². The largest absolute Gasteiger partial charge is 0.420 e. The van der Waals surface area contributed by atoms with Gasteiger partial charge in [-0.05, 0) is 18.2 Å². The van der Waals surface area contributed by atoms with Crippen LogP contribution in [-0.2, 0) is 22.4 Å². The number of nitrogens with zero attached hydrogens (tertiary/aromatic N) is 2. The van der Waals surface area contributed by atoms with Crippen molar-refractivity contribution in [1.82, 2.24) is 10.2 Å². The molecule has 2 aromatic rings. The number of rotatable bonds is 3. The molecule has 0 radical (unpaired) electrons. The van der Waals surface area contributed by atoms with Crippen LogP contribution >= 0.6 is 0 Å². The number of nitrogens with one attached hydrogen (secondary N) is 1. The Balaban J connectivity index is 2.69. The molecule has 26 heavy (non-hydrogen) atoms. The van der Waals surface area contributed by atoms with Crippen LogP contribution < -0.4 is 10.5 Å². The Kier molecular flexibility index (Phi) is 4.79. The summed E-state index contributed by atoms with van der Waals surface area (Å²) in [5.41, 5.74) is 1.12. The average molecular weight is 400 g/mol. The Morgan fingerprint density at radius 1 is 1.00 bits per heavy atom. The molecule has 1 aromatic carbocycles. The Bertz CT molecular complexity index is 941. The lowest BCUT2D eigenvalue weighted by molar-refractivity contribution is -0.138. The molecule has 13 heteroatoms. The topological polar surface area (TPSA) is 98.0 Å². The van der Waals surface area contributed by atoms with Gasteiger partial charge in [-0.3, -0.25) is 4.72 Å². The van der Waals surface area contributed by atoms with Crippen molar-refractivity contribution in [2.75, 3.05) is 16.7 Å². The van der Waals surface area contributed by atoms with Gasteiger partial charge in [0.15, 0.2) is 5.82 Å². The van der Waals surface area contributed by atoms with Gasteiger partial charge in [-0.15, -0.1) is 10.2 Å². The van der Waals surface area contributed by atoms with Crippen LogP contribution in [0.25, 0.3) is 11.3 Å². The second-order valence-electron chi connectivity index (χ2n) is 5.16. The summed E-state index contributed by atoms with van der Waals surface area (Å²) >= 11 is 0. The summed E-state index contributed by atoms with van der Waals surface area (Å²) in [6.45, 7) is 0. The number of nitrogen functional groups attached to an aromatic ring is 1. The number of benzene rings is 1. The van der Waals surface area contributed by atoms with Crippen LogP contribution in [0, 0.1) is 0 Å². The molecule has 0 aliphatic heterocycles. The van der Waals surface area contributed by atoms with E-state index in [0.717, 1.165) is 6.07 Å². The van der Waals surface area contributed by atoms with Gasteiger partial charge in [0.1, 0.15) is 5.56 Å². The monoisotopic (exact) mass is 400 g/mol. The number of hydrogen-bond donors (Lipinski definition) is 2. The highest BCUT2D eigenvalue weighted by molar-refractivity contribution is 7.92. The Labute approximate surface area is 143 Å². The van der Waals surface area contributed by atoms with Crippen LogP contribution in [0.2, 0.25) is 0 Å². The molecule has 0 atom stereocenters. The van der Waals surface area contributed by atoms with E-state index in [0.29, 0.717) is 24.5 Å². The molecule has 3 N–H and O–H groups in total. The number of nitrogens with two attached hydrogens (primary N) is 1. The maximum atomic E-state index is 12.9. The molecular weight excluding hydrogens is 390 g/mol. The van der Waals surface area contributed by atoms with Crippen LogP contribution in [0.1, 0.15) is 11.1 Å². The lowest BCUT2D eigenvalue weighted by Gasteiger charge is -2.15. The van der Waals surface area contributed by atoms with E-state index in [4.69, 9.17) is 5.73 Å². The summed E-state index contributed by atoms with van der Waals surface area (Å²) in [5.74, 6) is -0.925. The van der Waals surface area contributed by atoms with Crippen molar-refractivity contribution in [2.24, 2.45) is 0 Å². The minimum atomic E-state index is -4.88. The van der Waals surface area contributed by atoms with Crippen LogP contribution in [-0.4, -0.2) is 24.9 Å². The lowest BCUT2D eigenvalue weighted by Crippen LogP contribution is -2.14. The highest BCUT2D eigenvalue weighted by Gasteiger charge is 2.35. The fourth-order valence-corrected chi connectivity index (χ4v) is 2.56. The zero-order valence-corrected chi connectivity index (χ0v) is 13.6. The van der Waals surface area contributed by atoms with Crippen molar-refractivity contribution in [1.29, 1.82) is 0 Å². The van der Waals surface area contributed by atoms with Gasteiger partial charge in [-0.2, -0.15) is 26.3 Å². The van der Waals surface area contributed by atoms with Crippen LogP contribution in [0.15, 0.2) is 24.3 Å². The molecule has 0 saturated heterocycles. The molecule has 0 aliphatic rings. The Morgan fingerprint density at radius 3 is 2.12 bits per heavy atom. The van der Waals surface area contributed by atoms with Gasteiger partial charge in [-0.25, -0.2) is 8.42 Å². The van der Waals surface area contributed by atoms with E-state index in [1.54, 1.807) is 0 Å². The van der Waals surface area contributed by atoms with Crippen molar-refractivity contribution in [3.8, 4) is 11.3 Å². The van der Waals surface area contributed by atoms with E-state index in [1.165, 1.54) is 0 Å². The summed E-state index contributed by atoms with van der Waals surface area (Å²) in [6.07, 6.45) is -9.01. The number of anilines is 2. The molecular formula is C13H10F6N4O2S. The Morgan fingerprint density at radius 2 is 1.62 bits per heavy atom. The summed E-state index contributed by atoms with van der Waals surface area (Å²) in [4.78, 5) is 0. The molecule has 0 fully saturated rings. The number of aromatic nitrogens is 2. The summed E-state index contributed by atoms with van der Waals surface area (Å²) in [7, 11) is -4.03. The highest BCUT2D eigenvalue weighted by Crippen LogP contribution is 2.38. The number of sulfonamides is 1. The maximum Gasteiger partial charge on any atom is 0.420 e. The third-order valence-corrected chi connectivity index (χ3v) is 3.64. The number of alkyl halides is 6. The van der Waals surface area contributed by atoms with Gasteiger partial charge < -0.3 is 5.73 Å². The molecule has 0 amide bonds. The standard InChI is InChI=1S/C13H10F6N4O2S/c1-26(24,25)23-10-4-6(12(14,15)16)2-3-7(10)9-5-8(13(17,18)19)11(20)22-21-9/h2-5,23H,1H3,(H2,20,22). The molecule has 0 aliphatic carbocycles. The lowest BCUT2D eigenvalue weighted by atomic mass is 10.0. The van der Waals surface area contributed by atoms with Gasteiger partial charge >= 0.3 is 12.4 Å². The molecule has 0 unspecified atom stereocenters. The minimum absolute atomic E-state index is 0.332. The molecule has 0 spiro atoms. The second-order valence-corrected chi connectivity index (χ2v) is 6.91. The first-order valence-corrected chi connectivity index (χ1v) is 8.47. The number of halogens is 6. The van der Waals surface area contributed by atoms with Crippen molar-refractivity contribution >= 4 is 21.5 Å². The van der Waals surface area contributed by atoms with E-state index < -0.39 is 50.7 Å². The van der Waals surface area contributed by atoms with Gasteiger partial charge in [0, 0.05) is 5.56 Å². The van der Waals surface area contributed by atoms with Gasteiger partial charge in [-0.1, -0.05) is 6.07 Å². The third kappa shape index (κ3) is 4.53. The third-order valence-electron chi connectivity index (χ3n) is 3.05. The smallest absolute Gasteiger partial charge is 0.382 e. The maximum absolute atomic E-state index is 12.9. The van der Waals surface area contributed by atoms with E-state index in [1.807, 2.05) is 4.72 Å². The first-order valence-electron chi connectivity index (χ1n) is 6.58. The molecule has 0 bridgehead atoms. The average Bonchev–Trinajstić information content (AvgIpc) is 2.44. The quantitative estimate of drug-likeness (QED) is 0.772. The van der Waals surface area contributed by atoms with E-state index in [2.05, 4.69) is 10.2 Å². The molecule has 1 heterocycles. The van der Waals surface area contributed by atoms with Crippen molar-refractivity contribution in [3.63, 3.8) is 0 Å². The molecule has 1 aromatic heterocycles. The highest BCUT2D eigenvalue weighted by atomic mass is 32.2. The van der Waals surface area contributed by atoms with E-state index >= 15 is 0 Å². The van der Waals surface area contributed by atoms with Crippen molar-refractivity contribution in [3.05, 3.63) is 35.4 Å². The SMILES string of the molecule is CS(=O)(=O)Nc1cc(C(F)(F)F)ccc1-c1cc(C(F)(F)F)c(N)nn1. The summed E-state index contributed by atoms with van der Waals surface area (Å²) in [6, 6.07) is 2.28. The summed E-state index contributed by atoms with van der Waals surface area (Å²) < 4.78 is 102. The minimum Gasteiger partial charge on any atom is -0.382 e. The Hall–Kier alpha value is -2.57. The normalized spacial score (nSPS) is 12.9. The molecule has 6 nitrogen and oxygen atoms in total. The fourth-order valence-electron chi connectivity index (χ4n) is 1.99. The first kappa shape index (κ1) is 19.8. The molecule has 0 saturated carbocycles. The first-order chi connectivity index (χ1) is 11.7. The van der Waals surface area contributed by atoms with E-state index in [9.17, 15) is 34.8 Å². The van der Waals surface area contributed by atoms with Gasteiger partial charge in [0.2, 0.25) is 10.0 Å². The zero-order chi connectivity index (χ0) is 19.9. The molecule has 2 rings (SSSR count). The predicted octanol–water partition coefficient (Wildman–Crippen LogP) is 3.13. The molecule has 142 valence electrons. The second kappa shape index (κ2) is 6.30. The fraction of sp³-hybridized carbons (Fsp3) is 0.231. The van der Waals surface area contributed by atoms with Gasteiger partial charge in [0.05, 0.1) is 23.2 Å². The predicted molar refractivity (Wildman–Crippen MR) is 80.4 cm³/mol. The summed E-state index contributed by atoms with van der Waals surface area (Å²) in [5, 5.41) is 6.55. The zero-order valence-electron chi connectivity index (χ0n) is 12.8. The van der Waals surface area contributed by atoms with Crippen LogP contribution in [0.5, 0.6) is 0 Å². The van der Waals surface area contributed by atoms with Crippen molar-refractivity contribution in [2.45, 2.75) is 12.4 Å². The van der Waals surface area contributed by atoms with Gasteiger partial charge in [0.25, 0.3) is 0 Å².